The van der Waals surface area contributed by atoms with Crippen molar-refractivity contribution in [2.75, 3.05) is 26.2 Å². The predicted octanol–water partition coefficient (Wildman–Crippen LogP) is 2.77. The molecule has 1 saturated heterocycles. The van der Waals surface area contributed by atoms with Gasteiger partial charge < -0.3 is 15.5 Å². The van der Waals surface area contributed by atoms with Gasteiger partial charge in [0.05, 0.1) is 16.1 Å². The maximum atomic E-state index is 12.3. The van der Waals surface area contributed by atoms with Crippen molar-refractivity contribution >= 4 is 29.1 Å². The Balaban J connectivity index is 2.02. The Morgan fingerprint density at radius 3 is 2.59 bits per heavy atom. The van der Waals surface area contributed by atoms with Gasteiger partial charge in [0.1, 0.15) is 0 Å². The largest absolute Gasteiger partial charge is 0.336 e. The van der Waals surface area contributed by atoms with E-state index < -0.39 is 6.04 Å². The van der Waals surface area contributed by atoms with Crippen molar-refractivity contribution in [2.24, 2.45) is 5.73 Å². The van der Waals surface area contributed by atoms with Gasteiger partial charge in [-0.1, -0.05) is 29.3 Å². The first-order chi connectivity index (χ1) is 10.5. The van der Waals surface area contributed by atoms with Crippen LogP contribution in [-0.4, -0.2) is 47.9 Å². The standard InChI is InChI=1S/C16H23Cl2N3O/c1-12(19)16(22)21(9-8-20-6-2-3-7-20)11-13-4-5-14(17)15(18)10-13/h4-5,10,12H,2-3,6-9,11,19H2,1H3/t12-/m0/s1. The fraction of sp³-hybridized carbons (Fsp3) is 0.562. The molecule has 1 aliphatic rings. The summed E-state index contributed by atoms with van der Waals surface area (Å²) in [5.41, 5.74) is 6.74. The Bertz CT molecular complexity index is 516. The second-order valence-corrected chi connectivity index (χ2v) is 6.66. The Hall–Kier alpha value is -0.810. The molecule has 2 rings (SSSR count). The van der Waals surface area contributed by atoms with Crippen LogP contribution in [0.1, 0.15) is 25.3 Å². The van der Waals surface area contributed by atoms with Crippen molar-refractivity contribution < 1.29 is 4.79 Å². The molecule has 0 aromatic heterocycles. The Morgan fingerprint density at radius 1 is 1.32 bits per heavy atom. The third-order valence-electron chi connectivity index (χ3n) is 3.94. The summed E-state index contributed by atoms with van der Waals surface area (Å²) in [5.74, 6) is -0.0368. The molecule has 1 heterocycles. The van der Waals surface area contributed by atoms with Crippen molar-refractivity contribution in [2.45, 2.75) is 32.4 Å². The highest BCUT2D eigenvalue weighted by atomic mass is 35.5. The van der Waals surface area contributed by atoms with Gasteiger partial charge in [0.15, 0.2) is 0 Å². The van der Waals surface area contributed by atoms with Crippen LogP contribution in [0.2, 0.25) is 10.0 Å². The van der Waals surface area contributed by atoms with Crippen molar-refractivity contribution in [3.05, 3.63) is 33.8 Å². The zero-order valence-corrected chi connectivity index (χ0v) is 14.4. The maximum absolute atomic E-state index is 12.3. The van der Waals surface area contributed by atoms with E-state index in [0.717, 1.165) is 25.2 Å². The third-order valence-corrected chi connectivity index (χ3v) is 4.68. The lowest BCUT2D eigenvalue weighted by Gasteiger charge is -2.27. The average molecular weight is 344 g/mol. The molecule has 0 saturated carbocycles. The van der Waals surface area contributed by atoms with Gasteiger partial charge in [0.2, 0.25) is 5.91 Å². The molecule has 0 radical (unpaired) electrons. The molecule has 0 spiro atoms. The molecule has 1 aromatic carbocycles. The van der Waals surface area contributed by atoms with Crippen molar-refractivity contribution in [1.29, 1.82) is 0 Å². The number of nitrogens with two attached hydrogens (primary N) is 1. The second kappa shape index (κ2) is 8.16. The Morgan fingerprint density at radius 2 is 2.00 bits per heavy atom. The lowest BCUT2D eigenvalue weighted by atomic mass is 10.2. The van der Waals surface area contributed by atoms with Gasteiger partial charge in [-0.3, -0.25) is 4.79 Å². The molecule has 0 aliphatic carbocycles. The molecule has 22 heavy (non-hydrogen) atoms. The summed E-state index contributed by atoms with van der Waals surface area (Å²) in [5, 5.41) is 1.03. The summed E-state index contributed by atoms with van der Waals surface area (Å²) >= 11 is 12.0. The van der Waals surface area contributed by atoms with E-state index in [0.29, 0.717) is 23.1 Å². The van der Waals surface area contributed by atoms with E-state index in [4.69, 9.17) is 28.9 Å². The van der Waals surface area contributed by atoms with Crippen LogP contribution in [0, 0.1) is 0 Å². The monoisotopic (exact) mass is 343 g/mol. The smallest absolute Gasteiger partial charge is 0.239 e. The number of nitrogens with zero attached hydrogens (tertiary/aromatic N) is 2. The van der Waals surface area contributed by atoms with E-state index in [-0.39, 0.29) is 5.91 Å². The number of likely N-dealkylation sites (tertiary alicyclic amines) is 1. The summed E-state index contributed by atoms with van der Waals surface area (Å²) in [6.45, 7) is 6.03. The lowest BCUT2D eigenvalue weighted by molar-refractivity contribution is -0.133. The summed E-state index contributed by atoms with van der Waals surface area (Å²) in [7, 11) is 0. The van der Waals surface area contributed by atoms with Gasteiger partial charge in [0.25, 0.3) is 0 Å². The Labute approximate surface area is 142 Å². The number of hydrogen-bond acceptors (Lipinski definition) is 3. The van der Waals surface area contributed by atoms with Crippen LogP contribution in [0.3, 0.4) is 0 Å². The van der Waals surface area contributed by atoms with E-state index in [1.54, 1.807) is 19.1 Å². The minimum atomic E-state index is -0.499. The summed E-state index contributed by atoms with van der Waals surface area (Å²) in [6.07, 6.45) is 2.49. The quantitative estimate of drug-likeness (QED) is 0.863. The molecule has 2 N–H and O–H groups in total. The Kier molecular flexibility index (Phi) is 6.50. The number of amides is 1. The molecule has 0 bridgehead atoms. The van der Waals surface area contributed by atoms with E-state index in [1.807, 2.05) is 11.0 Å². The fourth-order valence-corrected chi connectivity index (χ4v) is 3.00. The molecule has 1 aliphatic heterocycles. The van der Waals surface area contributed by atoms with Crippen molar-refractivity contribution in [3.8, 4) is 0 Å². The third kappa shape index (κ3) is 4.85. The number of carbonyl (C=O) groups is 1. The van der Waals surface area contributed by atoms with E-state index in [9.17, 15) is 4.79 Å². The van der Waals surface area contributed by atoms with Gasteiger partial charge >= 0.3 is 0 Å². The first-order valence-electron chi connectivity index (χ1n) is 7.68. The highest BCUT2D eigenvalue weighted by molar-refractivity contribution is 6.42. The predicted molar refractivity (Wildman–Crippen MR) is 91.2 cm³/mol. The van der Waals surface area contributed by atoms with Crippen LogP contribution >= 0.6 is 23.2 Å². The zero-order valence-electron chi connectivity index (χ0n) is 12.9. The fourth-order valence-electron chi connectivity index (χ4n) is 2.68. The molecular formula is C16H23Cl2N3O. The first-order valence-corrected chi connectivity index (χ1v) is 8.43. The normalized spacial score (nSPS) is 16.7. The van der Waals surface area contributed by atoms with Gasteiger partial charge in [0, 0.05) is 19.6 Å². The van der Waals surface area contributed by atoms with Crippen LogP contribution in [0.5, 0.6) is 0 Å². The SMILES string of the molecule is C[C@H](N)C(=O)N(CCN1CCCC1)Cc1ccc(Cl)c(Cl)c1. The molecule has 1 fully saturated rings. The van der Waals surface area contributed by atoms with Gasteiger partial charge in [-0.25, -0.2) is 0 Å². The number of rotatable bonds is 6. The first kappa shape index (κ1) is 17.5. The summed E-state index contributed by atoms with van der Waals surface area (Å²) in [6, 6.07) is 4.96. The molecule has 1 atom stereocenters. The van der Waals surface area contributed by atoms with Crippen molar-refractivity contribution in [1.82, 2.24) is 9.80 Å². The molecular weight excluding hydrogens is 321 g/mol. The zero-order chi connectivity index (χ0) is 16.1. The lowest BCUT2D eigenvalue weighted by Crippen LogP contribution is -2.44. The van der Waals surface area contributed by atoms with E-state index >= 15 is 0 Å². The number of halogens is 2. The number of hydrogen-bond donors (Lipinski definition) is 1. The van der Waals surface area contributed by atoms with Gasteiger partial charge in [-0.05, 0) is 50.6 Å². The minimum absolute atomic E-state index is 0.0368. The van der Waals surface area contributed by atoms with Crippen molar-refractivity contribution in [3.63, 3.8) is 0 Å². The average Bonchev–Trinajstić information content (AvgIpc) is 2.99. The molecule has 0 unspecified atom stereocenters. The highest BCUT2D eigenvalue weighted by Gasteiger charge is 2.20. The van der Waals surface area contributed by atoms with Crippen LogP contribution in [-0.2, 0) is 11.3 Å². The number of carbonyl (C=O) groups excluding carboxylic acids is 1. The molecule has 6 heteroatoms. The van der Waals surface area contributed by atoms with Crippen LogP contribution in [0.25, 0.3) is 0 Å². The molecule has 1 amide bonds. The van der Waals surface area contributed by atoms with Crippen LogP contribution in [0.15, 0.2) is 18.2 Å². The highest BCUT2D eigenvalue weighted by Crippen LogP contribution is 2.23. The topological polar surface area (TPSA) is 49.6 Å². The minimum Gasteiger partial charge on any atom is -0.336 e. The van der Waals surface area contributed by atoms with Gasteiger partial charge in [-0.2, -0.15) is 0 Å². The van der Waals surface area contributed by atoms with E-state index in [1.165, 1.54) is 12.8 Å². The van der Waals surface area contributed by atoms with Crippen LogP contribution < -0.4 is 5.73 Å². The maximum Gasteiger partial charge on any atom is 0.239 e. The summed E-state index contributed by atoms with van der Waals surface area (Å²) in [4.78, 5) is 16.5. The second-order valence-electron chi connectivity index (χ2n) is 5.85. The number of benzene rings is 1. The van der Waals surface area contributed by atoms with Gasteiger partial charge in [-0.15, -0.1) is 0 Å². The molecule has 1 aromatic rings. The van der Waals surface area contributed by atoms with Crippen LogP contribution in [0.4, 0.5) is 0 Å². The molecule has 4 nitrogen and oxygen atoms in total. The molecule has 122 valence electrons. The summed E-state index contributed by atoms with van der Waals surface area (Å²) < 4.78 is 0. The van der Waals surface area contributed by atoms with E-state index in [2.05, 4.69) is 4.90 Å².